The van der Waals surface area contributed by atoms with E-state index in [1.54, 1.807) is 23.4 Å². The number of piperazine rings is 1. The maximum absolute atomic E-state index is 13.7. The molecule has 1 aromatic carbocycles. The van der Waals surface area contributed by atoms with E-state index in [-0.39, 0.29) is 23.5 Å². The van der Waals surface area contributed by atoms with Crippen LogP contribution in [-0.2, 0) is 4.79 Å². The molecule has 1 atom stereocenters. The second-order valence-electron chi connectivity index (χ2n) is 6.31. The van der Waals surface area contributed by atoms with Gasteiger partial charge in [0.1, 0.15) is 5.82 Å². The first-order valence-corrected chi connectivity index (χ1v) is 9.39. The maximum Gasteiger partial charge on any atom is 0.236 e. The minimum Gasteiger partial charge on any atom is -0.338 e. The van der Waals surface area contributed by atoms with Gasteiger partial charge in [0.25, 0.3) is 0 Å². The van der Waals surface area contributed by atoms with E-state index < -0.39 is 5.82 Å². The largest absolute Gasteiger partial charge is 0.338 e. The number of aromatic nitrogens is 2. The number of nitrogens with one attached hydrogen (secondary N) is 1. The molecule has 0 unspecified atom stereocenters. The number of amides is 1. The lowest BCUT2D eigenvalue weighted by Crippen LogP contribution is -2.51. The van der Waals surface area contributed by atoms with E-state index in [1.165, 1.54) is 12.1 Å². The van der Waals surface area contributed by atoms with Crippen molar-refractivity contribution in [2.45, 2.75) is 13.0 Å². The first kappa shape index (κ1) is 19.8. The summed E-state index contributed by atoms with van der Waals surface area (Å²) in [5.74, 6) is 0.132. The quantitative estimate of drug-likeness (QED) is 0.766. The van der Waals surface area contributed by atoms with Crippen LogP contribution in [0.2, 0.25) is 10.0 Å². The fourth-order valence-electron chi connectivity index (χ4n) is 2.94. The molecule has 0 saturated carbocycles. The van der Waals surface area contributed by atoms with Crippen LogP contribution in [-0.4, -0.2) is 53.5 Å². The average molecular weight is 412 g/mol. The summed E-state index contributed by atoms with van der Waals surface area (Å²) in [6.07, 6.45) is 3.41. The van der Waals surface area contributed by atoms with Gasteiger partial charge >= 0.3 is 0 Å². The Balaban J connectivity index is 1.51. The molecule has 1 amide bonds. The molecular formula is C18H20Cl2FN5O. The predicted octanol–water partition coefficient (Wildman–Crippen LogP) is 2.92. The minimum atomic E-state index is -0.532. The van der Waals surface area contributed by atoms with E-state index in [2.05, 4.69) is 20.2 Å². The van der Waals surface area contributed by atoms with Gasteiger partial charge in [-0.05, 0) is 30.7 Å². The van der Waals surface area contributed by atoms with Crippen LogP contribution in [0.5, 0.6) is 0 Å². The molecule has 27 heavy (non-hydrogen) atoms. The van der Waals surface area contributed by atoms with Gasteiger partial charge in [-0.1, -0.05) is 23.2 Å². The number of hydrogen-bond donors (Lipinski definition) is 1. The monoisotopic (exact) mass is 411 g/mol. The van der Waals surface area contributed by atoms with Gasteiger partial charge in [0.2, 0.25) is 11.9 Å². The SMILES string of the molecule is C[C@@H](NCC(=O)N1CCN(c2ncccn2)CC1)c1cc(F)c(Cl)cc1Cl. The summed E-state index contributed by atoms with van der Waals surface area (Å²) in [7, 11) is 0. The molecule has 0 radical (unpaired) electrons. The van der Waals surface area contributed by atoms with Gasteiger partial charge in [0.15, 0.2) is 0 Å². The van der Waals surface area contributed by atoms with Crippen molar-refractivity contribution in [1.82, 2.24) is 20.2 Å². The molecule has 144 valence electrons. The number of hydrogen-bond acceptors (Lipinski definition) is 5. The van der Waals surface area contributed by atoms with Crippen LogP contribution in [0.15, 0.2) is 30.6 Å². The highest BCUT2D eigenvalue weighted by Gasteiger charge is 2.23. The Labute approximate surface area is 167 Å². The van der Waals surface area contributed by atoms with Crippen molar-refractivity contribution >= 4 is 35.1 Å². The highest BCUT2D eigenvalue weighted by Crippen LogP contribution is 2.28. The highest BCUT2D eigenvalue weighted by molar-refractivity contribution is 6.35. The zero-order valence-corrected chi connectivity index (χ0v) is 16.3. The molecule has 0 aliphatic carbocycles. The third-order valence-electron chi connectivity index (χ3n) is 4.53. The van der Waals surface area contributed by atoms with E-state index in [4.69, 9.17) is 23.2 Å². The second-order valence-corrected chi connectivity index (χ2v) is 7.12. The van der Waals surface area contributed by atoms with Gasteiger partial charge in [-0.15, -0.1) is 0 Å². The Bertz CT molecular complexity index is 800. The van der Waals surface area contributed by atoms with E-state index >= 15 is 0 Å². The molecule has 1 saturated heterocycles. The fourth-order valence-corrected chi connectivity index (χ4v) is 3.49. The Morgan fingerprint density at radius 3 is 2.52 bits per heavy atom. The summed E-state index contributed by atoms with van der Waals surface area (Å²) in [4.78, 5) is 24.8. The lowest BCUT2D eigenvalue weighted by atomic mass is 10.1. The first-order chi connectivity index (χ1) is 13.0. The van der Waals surface area contributed by atoms with Crippen LogP contribution in [0.1, 0.15) is 18.5 Å². The minimum absolute atomic E-state index is 0.0129. The summed E-state index contributed by atoms with van der Waals surface area (Å²) in [5, 5.41) is 3.45. The Hall–Kier alpha value is -1.96. The first-order valence-electron chi connectivity index (χ1n) is 8.63. The summed E-state index contributed by atoms with van der Waals surface area (Å²) >= 11 is 11.9. The molecule has 1 N–H and O–H groups in total. The highest BCUT2D eigenvalue weighted by atomic mass is 35.5. The third-order valence-corrected chi connectivity index (χ3v) is 5.15. The molecule has 2 heterocycles. The molecule has 1 fully saturated rings. The Morgan fingerprint density at radius 1 is 1.19 bits per heavy atom. The predicted molar refractivity (Wildman–Crippen MR) is 104 cm³/mol. The number of benzene rings is 1. The van der Waals surface area contributed by atoms with Crippen LogP contribution in [0.4, 0.5) is 10.3 Å². The molecule has 0 bridgehead atoms. The molecule has 2 aromatic rings. The van der Waals surface area contributed by atoms with Crippen molar-refractivity contribution in [2.75, 3.05) is 37.6 Å². The number of rotatable bonds is 5. The summed E-state index contributed by atoms with van der Waals surface area (Å²) < 4.78 is 13.7. The number of nitrogens with zero attached hydrogens (tertiary/aromatic N) is 4. The Kier molecular flexibility index (Phi) is 6.46. The summed E-state index contributed by atoms with van der Waals surface area (Å²) in [6.45, 7) is 4.53. The lowest BCUT2D eigenvalue weighted by molar-refractivity contribution is -0.130. The van der Waals surface area contributed by atoms with Gasteiger partial charge in [0, 0.05) is 49.6 Å². The van der Waals surface area contributed by atoms with Crippen molar-refractivity contribution in [3.05, 3.63) is 52.0 Å². The van der Waals surface area contributed by atoms with Gasteiger partial charge in [-0.3, -0.25) is 4.79 Å². The van der Waals surface area contributed by atoms with Crippen LogP contribution in [0.25, 0.3) is 0 Å². The van der Waals surface area contributed by atoms with E-state index in [9.17, 15) is 9.18 Å². The van der Waals surface area contributed by atoms with Crippen molar-refractivity contribution < 1.29 is 9.18 Å². The van der Waals surface area contributed by atoms with Crippen LogP contribution < -0.4 is 10.2 Å². The molecular weight excluding hydrogens is 392 g/mol. The van der Waals surface area contributed by atoms with Gasteiger partial charge < -0.3 is 15.1 Å². The molecule has 1 aliphatic rings. The van der Waals surface area contributed by atoms with E-state index in [1.807, 2.05) is 6.92 Å². The molecule has 1 aromatic heterocycles. The summed E-state index contributed by atoms with van der Waals surface area (Å²) in [5.41, 5.74) is 0.567. The third kappa shape index (κ3) is 4.86. The van der Waals surface area contributed by atoms with Gasteiger partial charge in [-0.25, -0.2) is 14.4 Å². The van der Waals surface area contributed by atoms with E-state index in [0.717, 1.165) is 0 Å². The molecule has 0 spiro atoms. The van der Waals surface area contributed by atoms with Crippen LogP contribution in [0.3, 0.4) is 0 Å². The van der Waals surface area contributed by atoms with Crippen molar-refractivity contribution in [3.8, 4) is 0 Å². The summed E-state index contributed by atoms with van der Waals surface area (Å²) in [6, 6.07) is 4.16. The zero-order chi connectivity index (χ0) is 19.4. The number of halogens is 3. The standard InChI is InChI=1S/C18H20Cl2FN5O/c1-12(13-9-16(21)15(20)10-14(13)19)24-11-17(27)25-5-7-26(8-6-25)18-22-3-2-4-23-18/h2-4,9-10,12,24H,5-8,11H2,1H3/t12-/m1/s1. The molecule has 1 aliphatic heterocycles. The normalized spacial score (nSPS) is 15.7. The second kappa shape index (κ2) is 8.82. The van der Waals surface area contributed by atoms with Gasteiger partial charge in [0.05, 0.1) is 11.6 Å². The zero-order valence-electron chi connectivity index (χ0n) is 14.8. The molecule has 6 nitrogen and oxygen atoms in total. The maximum atomic E-state index is 13.7. The number of anilines is 1. The number of carbonyl (C=O) groups excluding carboxylic acids is 1. The lowest BCUT2D eigenvalue weighted by Gasteiger charge is -2.35. The number of carbonyl (C=O) groups is 1. The average Bonchev–Trinajstić information content (AvgIpc) is 2.69. The Morgan fingerprint density at radius 2 is 1.85 bits per heavy atom. The van der Waals surface area contributed by atoms with Crippen molar-refractivity contribution in [3.63, 3.8) is 0 Å². The molecule has 9 heteroatoms. The molecule has 3 rings (SSSR count). The fraction of sp³-hybridized carbons (Fsp3) is 0.389. The topological polar surface area (TPSA) is 61.4 Å². The van der Waals surface area contributed by atoms with Crippen molar-refractivity contribution in [2.24, 2.45) is 0 Å². The van der Waals surface area contributed by atoms with Crippen LogP contribution >= 0.6 is 23.2 Å². The van der Waals surface area contributed by atoms with Gasteiger partial charge in [-0.2, -0.15) is 0 Å². The van der Waals surface area contributed by atoms with E-state index in [0.29, 0.717) is 42.7 Å². The van der Waals surface area contributed by atoms with Crippen molar-refractivity contribution in [1.29, 1.82) is 0 Å². The smallest absolute Gasteiger partial charge is 0.236 e. The van der Waals surface area contributed by atoms with Crippen LogP contribution in [0, 0.1) is 5.82 Å².